The summed E-state index contributed by atoms with van der Waals surface area (Å²) in [6, 6.07) is 6.14. The first-order valence-corrected chi connectivity index (χ1v) is 7.39. The van der Waals surface area contributed by atoms with Crippen molar-refractivity contribution in [1.82, 2.24) is 5.32 Å². The van der Waals surface area contributed by atoms with E-state index in [4.69, 9.17) is 49.1 Å². The molecule has 2 aromatic rings. The molecule has 1 heterocycles. The number of nitrogens with one attached hydrogen (secondary N) is 1. The van der Waals surface area contributed by atoms with Gasteiger partial charge in [-0.05, 0) is 24.3 Å². The minimum absolute atomic E-state index is 0.0500. The van der Waals surface area contributed by atoms with Crippen molar-refractivity contribution in [2.75, 3.05) is 13.2 Å². The van der Waals surface area contributed by atoms with Crippen molar-refractivity contribution in [2.24, 2.45) is 0 Å². The van der Waals surface area contributed by atoms with Crippen LogP contribution in [0.1, 0.15) is 16.3 Å². The molecule has 0 unspecified atom stereocenters. The van der Waals surface area contributed by atoms with Crippen molar-refractivity contribution in [2.45, 2.75) is 6.61 Å². The summed E-state index contributed by atoms with van der Waals surface area (Å²) in [4.78, 5) is 11.6. The maximum atomic E-state index is 11.6. The van der Waals surface area contributed by atoms with Gasteiger partial charge in [-0.1, -0.05) is 34.8 Å². The highest BCUT2D eigenvalue weighted by Crippen LogP contribution is 2.36. The van der Waals surface area contributed by atoms with E-state index < -0.39 is 5.91 Å². The maximum absolute atomic E-state index is 11.6. The van der Waals surface area contributed by atoms with Crippen LogP contribution in [0, 0.1) is 0 Å². The first kappa shape index (κ1) is 17.0. The Morgan fingerprint density at radius 2 is 1.91 bits per heavy atom. The van der Waals surface area contributed by atoms with Crippen molar-refractivity contribution >= 4 is 40.7 Å². The van der Waals surface area contributed by atoms with Gasteiger partial charge in [-0.15, -0.1) is 0 Å². The zero-order chi connectivity index (χ0) is 16.1. The summed E-state index contributed by atoms with van der Waals surface area (Å²) in [5.74, 6) is 0.426. The molecule has 5 nitrogen and oxygen atoms in total. The average Bonchev–Trinajstić information content (AvgIpc) is 2.92. The van der Waals surface area contributed by atoms with Crippen LogP contribution in [0.3, 0.4) is 0 Å². The smallest absolute Gasteiger partial charge is 0.287 e. The van der Waals surface area contributed by atoms with Gasteiger partial charge < -0.3 is 19.6 Å². The molecule has 0 saturated heterocycles. The molecule has 1 amide bonds. The van der Waals surface area contributed by atoms with Crippen LogP contribution in [0.25, 0.3) is 0 Å². The Morgan fingerprint density at radius 1 is 1.23 bits per heavy atom. The minimum Gasteiger partial charge on any atom is -0.483 e. The monoisotopic (exact) mass is 363 g/mol. The molecule has 0 spiro atoms. The maximum Gasteiger partial charge on any atom is 0.287 e. The lowest BCUT2D eigenvalue weighted by atomic mass is 10.3. The van der Waals surface area contributed by atoms with Gasteiger partial charge in [0.2, 0.25) is 0 Å². The molecule has 0 saturated carbocycles. The van der Waals surface area contributed by atoms with E-state index in [0.29, 0.717) is 10.8 Å². The van der Waals surface area contributed by atoms with Gasteiger partial charge in [0.15, 0.2) is 11.5 Å². The van der Waals surface area contributed by atoms with Gasteiger partial charge in [0, 0.05) is 11.6 Å². The summed E-state index contributed by atoms with van der Waals surface area (Å²) >= 11 is 17.8. The number of hydrogen-bond acceptors (Lipinski definition) is 4. The fraction of sp³-hybridized carbons (Fsp3) is 0.214. The summed E-state index contributed by atoms with van der Waals surface area (Å²) in [5, 5.41) is 12.1. The Balaban J connectivity index is 2.01. The predicted molar refractivity (Wildman–Crippen MR) is 83.9 cm³/mol. The van der Waals surface area contributed by atoms with Crippen LogP contribution in [0.15, 0.2) is 28.7 Å². The van der Waals surface area contributed by atoms with Gasteiger partial charge in [-0.2, -0.15) is 0 Å². The zero-order valence-corrected chi connectivity index (χ0v) is 13.5. The second kappa shape index (κ2) is 7.74. The third-order valence-electron chi connectivity index (χ3n) is 2.60. The number of benzene rings is 1. The molecule has 0 aliphatic carbocycles. The van der Waals surface area contributed by atoms with E-state index in [9.17, 15) is 4.79 Å². The molecule has 0 aliphatic rings. The fourth-order valence-electron chi connectivity index (χ4n) is 1.64. The highest BCUT2D eigenvalue weighted by atomic mass is 35.5. The van der Waals surface area contributed by atoms with E-state index in [2.05, 4.69) is 5.32 Å². The number of aliphatic hydroxyl groups is 1. The van der Waals surface area contributed by atoms with Gasteiger partial charge >= 0.3 is 0 Å². The number of aliphatic hydroxyl groups excluding tert-OH is 1. The van der Waals surface area contributed by atoms with E-state index in [1.807, 2.05) is 0 Å². The summed E-state index contributed by atoms with van der Waals surface area (Å²) in [5.41, 5.74) is 0. The quantitative estimate of drug-likeness (QED) is 0.822. The Bertz CT molecular complexity index is 649. The van der Waals surface area contributed by atoms with E-state index >= 15 is 0 Å². The Hall–Kier alpha value is -1.40. The molecule has 2 N–H and O–H groups in total. The van der Waals surface area contributed by atoms with Gasteiger partial charge in [0.05, 0.1) is 16.7 Å². The first-order chi connectivity index (χ1) is 10.5. The van der Waals surface area contributed by atoms with Crippen LogP contribution in [0.2, 0.25) is 15.1 Å². The molecule has 0 bridgehead atoms. The van der Waals surface area contributed by atoms with Gasteiger partial charge in [0.1, 0.15) is 12.4 Å². The van der Waals surface area contributed by atoms with Gasteiger partial charge in [-0.3, -0.25) is 4.79 Å². The first-order valence-electron chi connectivity index (χ1n) is 6.26. The molecular formula is C14H12Cl3NO4. The van der Waals surface area contributed by atoms with Crippen molar-refractivity contribution in [3.63, 3.8) is 0 Å². The van der Waals surface area contributed by atoms with E-state index in [1.165, 1.54) is 18.2 Å². The summed E-state index contributed by atoms with van der Waals surface area (Å²) in [7, 11) is 0. The van der Waals surface area contributed by atoms with Crippen LogP contribution in [-0.2, 0) is 6.61 Å². The number of hydrogen-bond donors (Lipinski definition) is 2. The number of rotatable bonds is 6. The van der Waals surface area contributed by atoms with Gasteiger partial charge in [-0.25, -0.2) is 0 Å². The molecule has 0 fully saturated rings. The van der Waals surface area contributed by atoms with E-state index in [0.717, 1.165) is 0 Å². The molecule has 118 valence electrons. The summed E-state index contributed by atoms with van der Waals surface area (Å²) in [6.07, 6.45) is 0. The molecule has 0 atom stereocenters. The van der Waals surface area contributed by atoms with Crippen molar-refractivity contribution in [1.29, 1.82) is 0 Å². The highest BCUT2D eigenvalue weighted by Gasteiger charge is 2.13. The zero-order valence-electron chi connectivity index (χ0n) is 11.2. The second-order valence-corrected chi connectivity index (χ2v) is 5.48. The number of amides is 1. The van der Waals surface area contributed by atoms with E-state index in [1.54, 1.807) is 6.07 Å². The van der Waals surface area contributed by atoms with Crippen LogP contribution in [0.5, 0.6) is 5.75 Å². The number of carbonyl (C=O) groups excluding carboxylic acids is 1. The third kappa shape index (κ3) is 4.30. The van der Waals surface area contributed by atoms with Crippen molar-refractivity contribution in [3.8, 4) is 5.75 Å². The van der Waals surface area contributed by atoms with Crippen molar-refractivity contribution in [3.05, 3.63) is 50.9 Å². The molecule has 0 aliphatic heterocycles. The van der Waals surface area contributed by atoms with Crippen LogP contribution in [0.4, 0.5) is 0 Å². The number of carbonyl (C=O) groups is 1. The Morgan fingerprint density at radius 3 is 2.55 bits per heavy atom. The standard InChI is InChI=1S/C14H12Cl3NO4/c15-8-5-10(16)13(11(17)6-8)21-7-9-1-2-12(22-9)14(20)18-3-4-19/h1-2,5-6,19H,3-4,7H2,(H,18,20). The Kier molecular flexibility index (Phi) is 5.97. The van der Waals surface area contributed by atoms with Crippen LogP contribution in [-0.4, -0.2) is 24.2 Å². The summed E-state index contributed by atoms with van der Waals surface area (Å²) in [6.45, 7) is 0.0612. The molecule has 8 heteroatoms. The van der Waals surface area contributed by atoms with Crippen molar-refractivity contribution < 1.29 is 19.1 Å². The van der Waals surface area contributed by atoms with Crippen LogP contribution >= 0.6 is 34.8 Å². The topological polar surface area (TPSA) is 71.7 Å². The molecular weight excluding hydrogens is 353 g/mol. The lowest BCUT2D eigenvalue weighted by Crippen LogP contribution is -2.25. The highest BCUT2D eigenvalue weighted by molar-refractivity contribution is 6.40. The fourth-order valence-corrected chi connectivity index (χ4v) is 2.57. The summed E-state index contributed by atoms with van der Waals surface area (Å²) < 4.78 is 10.8. The molecule has 2 rings (SSSR count). The lowest BCUT2D eigenvalue weighted by molar-refractivity contribution is 0.0913. The molecule has 1 aromatic heterocycles. The van der Waals surface area contributed by atoms with Gasteiger partial charge in [0.25, 0.3) is 5.91 Å². The number of furan rings is 1. The number of halogens is 3. The average molecular weight is 365 g/mol. The second-order valence-electron chi connectivity index (χ2n) is 4.23. The molecule has 22 heavy (non-hydrogen) atoms. The SMILES string of the molecule is O=C(NCCO)c1ccc(COc2c(Cl)cc(Cl)cc2Cl)o1. The lowest BCUT2D eigenvalue weighted by Gasteiger charge is -2.09. The minimum atomic E-state index is -0.414. The Labute approximate surface area is 141 Å². The molecule has 1 aromatic carbocycles. The predicted octanol–water partition coefficient (Wildman–Crippen LogP) is 3.54. The van der Waals surface area contributed by atoms with E-state index in [-0.39, 0.29) is 41.3 Å². The largest absolute Gasteiger partial charge is 0.483 e. The normalized spacial score (nSPS) is 10.5. The van der Waals surface area contributed by atoms with Crippen LogP contribution < -0.4 is 10.1 Å². The number of ether oxygens (including phenoxy) is 1. The third-order valence-corrected chi connectivity index (χ3v) is 3.38. The molecule has 0 radical (unpaired) electrons.